The van der Waals surface area contributed by atoms with Gasteiger partial charge in [-0.1, -0.05) is 24.8 Å². The second kappa shape index (κ2) is 7.02. The fraction of sp³-hybridized carbons (Fsp3) is 0.273. The van der Waals surface area contributed by atoms with Crippen LogP contribution in [0.5, 0.6) is 5.75 Å². The molecule has 3 atom stereocenters. The first kappa shape index (κ1) is 17.4. The highest BCUT2D eigenvalue weighted by molar-refractivity contribution is 8.14. The Hall–Kier alpha value is -2.73. The normalized spacial score (nSPS) is 23.6. The molecule has 4 heterocycles. The topological polar surface area (TPSA) is 42.6 Å². The largest absolute Gasteiger partial charge is 0.497 e. The van der Waals surface area contributed by atoms with Crippen molar-refractivity contribution < 1.29 is 4.74 Å². The number of aliphatic imine (C=N–C) groups is 1. The molecule has 0 unspecified atom stereocenters. The number of methoxy groups -OCH3 is 1. The summed E-state index contributed by atoms with van der Waals surface area (Å²) in [5.41, 5.74) is 3.37. The number of ether oxygens (including phenoxy) is 1. The molecular weight excluding hydrogens is 368 g/mol. The van der Waals surface area contributed by atoms with Crippen LogP contribution in [0, 0.1) is 0 Å². The molecule has 1 fully saturated rings. The maximum absolute atomic E-state index is 5.31. The van der Waals surface area contributed by atoms with Crippen molar-refractivity contribution in [3.8, 4) is 11.4 Å². The van der Waals surface area contributed by atoms with Crippen molar-refractivity contribution in [2.24, 2.45) is 4.99 Å². The first-order valence-corrected chi connectivity index (χ1v) is 10.4. The molecule has 0 N–H and O–H groups in total. The van der Waals surface area contributed by atoms with E-state index < -0.39 is 0 Å². The highest BCUT2D eigenvalue weighted by Crippen LogP contribution is 2.47. The molecule has 5 nitrogen and oxygen atoms in total. The van der Waals surface area contributed by atoms with Gasteiger partial charge in [0.15, 0.2) is 5.17 Å². The number of thioether (sulfide) groups is 1. The van der Waals surface area contributed by atoms with E-state index in [2.05, 4.69) is 57.9 Å². The van der Waals surface area contributed by atoms with E-state index in [9.17, 15) is 0 Å². The van der Waals surface area contributed by atoms with Crippen molar-refractivity contribution in [3.05, 3.63) is 78.4 Å². The van der Waals surface area contributed by atoms with Crippen LogP contribution in [0.4, 0.5) is 0 Å². The van der Waals surface area contributed by atoms with Gasteiger partial charge in [-0.2, -0.15) is 0 Å². The molecule has 28 heavy (non-hydrogen) atoms. The molecule has 2 aliphatic rings. The minimum absolute atomic E-state index is 0.00287. The lowest BCUT2D eigenvalue weighted by Gasteiger charge is -2.28. The third kappa shape index (κ3) is 2.88. The lowest BCUT2D eigenvalue weighted by atomic mass is 10.0. The zero-order chi connectivity index (χ0) is 19.1. The van der Waals surface area contributed by atoms with E-state index in [0.717, 1.165) is 28.8 Å². The number of hydrogen-bond donors (Lipinski definition) is 0. The Balaban J connectivity index is 1.58. The van der Waals surface area contributed by atoms with Gasteiger partial charge in [0.1, 0.15) is 11.8 Å². The minimum Gasteiger partial charge on any atom is -0.497 e. The van der Waals surface area contributed by atoms with Crippen molar-refractivity contribution in [1.82, 2.24) is 14.5 Å². The second-order valence-electron chi connectivity index (χ2n) is 7.14. The van der Waals surface area contributed by atoms with E-state index in [1.54, 1.807) is 7.11 Å². The van der Waals surface area contributed by atoms with Gasteiger partial charge in [0.2, 0.25) is 0 Å². The average Bonchev–Trinajstić information content (AvgIpc) is 3.42. The molecule has 0 amide bonds. The molecule has 0 radical (unpaired) electrons. The number of fused-ring (bicyclic) bond motifs is 1. The van der Waals surface area contributed by atoms with E-state index >= 15 is 0 Å². The summed E-state index contributed by atoms with van der Waals surface area (Å²) in [7, 11) is 1.69. The van der Waals surface area contributed by atoms with Gasteiger partial charge in [-0.05, 0) is 48.5 Å². The Morgan fingerprint density at radius 3 is 2.68 bits per heavy atom. The molecule has 2 aliphatic heterocycles. The van der Waals surface area contributed by atoms with Gasteiger partial charge in [-0.25, -0.2) is 0 Å². The van der Waals surface area contributed by atoms with Gasteiger partial charge in [0.25, 0.3) is 0 Å². The molecule has 1 aromatic carbocycles. The van der Waals surface area contributed by atoms with Crippen LogP contribution in [0.25, 0.3) is 5.69 Å². The SMILES string of the molecule is COc1ccc(-n2cccc2[C@@H]2[C@H](c3ccccn3)N=C3S[C@@H](C)CN32)cc1. The third-order valence-corrected chi connectivity index (χ3v) is 6.42. The first-order valence-electron chi connectivity index (χ1n) is 9.48. The van der Waals surface area contributed by atoms with Crippen LogP contribution < -0.4 is 4.74 Å². The number of pyridine rings is 1. The summed E-state index contributed by atoms with van der Waals surface area (Å²) in [5.74, 6) is 0.861. The van der Waals surface area contributed by atoms with Crippen LogP contribution in [0.2, 0.25) is 0 Å². The van der Waals surface area contributed by atoms with E-state index in [1.165, 1.54) is 5.69 Å². The van der Waals surface area contributed by atoms with Gasteiger partial charge in [-0.3, -0.25) is 9.98 Å². The molecule has 0 bridgehead atoms. The van der Waals surface area contributed by atoms with E-state index in [1.807, 2.05) is 42.2 Å². The zero-order valence-corrected chi connectivity index (χ0v) is 16.7. The predicted molar refractivity (Wildman–Crippen MR) is 113 cm³/mol. The Bertz CT molecular complexity index is 999. The summed E-state index contributed by atoms with van der Waals surface area (Å²) >= 11 is 1.86. The molecule has 1 saturated heterocycles. The smallest absolute Gasteiger partial charge is 0.160 e. The minimum atomic E-state index is 0.00287. The van der Waals surface area contributed by atoms with Crippen molar-refractivity contribution >= 4 is 16.9 Å². The van der Waals surface area contributed by atoms with Crippen molar-refractivity contribution in [3.63, 3.8) is 0 Å². The number of rotatable bonds is 4. The maximum Gasteiger partial charge on any atom is 0.160 e. The molecular formula is C22H22N4OS. The summed E-state index contributed by atoms with van der Waals surface area (Å²) in [5, 5.41) is 1.69. The first-order chi connectivity index (χ1) is 13.7. The third-order valence-electron chi connectivity index (χ3n) is 5.32. The number of nitrogens with zero attached hydrogens (tertiary/aromatic N) is 4. The molecule has 142 valence electrons. The fourth-order valence-corrected chi connectivity index (χ4v) is 5.14. The number of benzene rings is 1. The molecule has 2 aromatic heterocycles. The van der Waals surface area contributed by atoms with E-state index in [-0.39, 0.29) is 12.1 Å². The van der Waals surface area contributed by atoms with Crippen LogP contribution in [-0.4, -0.2) is 38.5 Å². The summed E-state index contributed by atoms with van der Waals surface area (Å²) in [6.07, 6.45) is 3.98. The van der Waals surface area contributed by atoms with Crippen molar-refractivity contribution in [2.75, 3.05) is 13.7 Å². The summed E-state index contributed by atoms with van der Waals surface area (Å²) in [6.45, 7) is 3.27. The zero-order valence-electron chi connectivity index (χ0n) is 15.9. The van der Waals surface area contributed by atoms with Crippen LogP contribution in [0.15, 0.2) is 72.0 Å². The summed E-state index contributed by atoms with van der Waals surface area (Å²) in [6, 6.07) is 18.7. The monoisotopic (exact) mass is 390 g/mol. The van der Waals surface area contributed by atoms with Crippen LogP contribution in [-0.2, 0) is 0 Å². The standard InChI is InChI=1S/C22H22N4OS/c1-15-14-26-21(20(24-22(26)28-15)18-6-3-4-12-23-18)19-7-5-13-25(19)16-8-10-17(27-2)11-9-16/h3-13,15,20-21H,14H2,1-2H3/t15-,20-,21+/m0/s1. The molecule has 3 aromatic rings. The van der Waals surface area contributed by atoms with E-state index in [0.29, 0.717) is 5.25 Å². The summed E-state index contributed by atoms with van der Waals surface area (Å²) in [4.78, 5) is 12.2. The molecule has 0 saturated carbocycles. The quantitative estimate of drug-likeness (QED) is 0.659. The maximum atomic E-state index is 5.31. The summed E-state index contributed by atoms with van der Waals surface area (Å²) < 4.78 is 7.57. The number of hydrogen-bond acceptors (Lipinski definition) is 5. The lowest BCUT2D eigenvalue weighted by molar-refractivity contribution is 0.312. The number of aromatic nitrogens is 2. The molecule has 0 spiro atoms. The van der Waals surface area contributed by atoms with Crippen LogP contribution in [0.3, 0.4) is 0 Å². The van der Waals surface area contributed by atoms with Gasteiger partial charge in [-0.15, -0.1) is 0 Å². The molecule has 6 heteroatoms. The number of amidine groups is 1. The Kier molecular flexibility index (Phi) is 4.36. The predicted octanol–water partition coefficient (Wildman–Crippen LogP) is 4.47. The second-order valence-corrected chi connectivity index (χ2v) is 8.54. The van der Waals surface area contributed by atoms with Gasteiger partial charge < -0.3 is 14.2 Å². The Morgan fingerprint density at radius 2 is 1.93 bits per heavy atom. The lowest BCUT2D eigenvalue weighted by Crippen LogP contribution is -2.30. The fourth-order valence-electron chi connectivity index (χ4n) is 4.05. The molecule has 5 rings (SSSR count). The van der Waals surface area contributed by atoms with Crippen LogP contribution >= 0.6 is 11.8 Å². The Morgan fingerprint density at radius 1 is 1.07 bits per heavy atom. The van der Waals surface area contributed by atoms with Crippen molar-refractivity contribution in [1.29, 1.82) is 0 Å². The molecule has 0 aliphatic carbocycles. The van der Waals surface area contributed by atoms with Crippen LogP contribution in [0.1, 0.15) is 30.4 Å². The van der Waals surface area contributed by atoms with Crippen molar-refractivity contribution in [2.45, 2.75) is 24.3 Å². The average molecular weight is 391 g/mol. The Labute approximate surface area is 169 Å². The van der Waals surface area contributed by atoms with Gasteiger partial charge >= 0.3 is 0 Å². The highest BCUT2D eigenvalue weighted by Gasteiger charge is 2.44. The van der Waals surface area contributed by atoms with Gasteiger partial charge in [0.05, 0.1) is 18.8 Å². The highest BCUT2D eigenvalue weighted by atomic mass is 32.2. The van der Waals surface area contributed by atoms with Gasteiger partial charge in [0, 0.05) is 35.6 Å². The van der Waals surface area contributed by atoms with E-state index in [4.69, 9.17) is 9.73 Å².